The summed E-state index contributed by atoms with van der Waals surface area (Å²) >= 11 is 0. The number of aromatic nitrogens is 1. The van der Waals surface area contributed by atoms with E-state index in [-0.39, 0.29) is 10.6 Å². The predicted molar refractivity (Wildman–Crippen MR) is 57.4 cm³/mol. The molecule has 1 aromatic heterocycles. The van der Waals surface area contributed by atoms with Crippen molar-refractivity contribution in [1.82, 2.24) is 4.57 Å². The summed E-state index contributed by atoms with van der Waals surface area (Å²) in [5, 5.41) is 4.98. The Bertz CT molecular complexity index is 490. The minimum atomic E-state index is -3.79. The van der Waals surface area contributed by atoms with Gasteiger partial charge in [-0.05, 0) is 12.5 Å². The summed E-state index contributed by atoms with van der Waals surface area (Å²) in [6, 6.07) is 1.22. The van der Waals surface area contributed by atoms with Gasteiger partial charge in [0.25, 0.3) is 0 Å². The van der Waals surface area contributed by atoms with Gasteiger partial charge in [-0.1, -0.05) is 6.92 Å². The van der Waals surface area contributed by atoms with E-state index in [9.17, 15) is 13.2 Å². The van der Waals surface area contributed by atoms with E-state index in [1.165, 1.54) is 23.9 Å². The number of methoxy groups -OCH3 is 1. The fourth-order valence-electron chi connectivity index (χ4n) is 1.34. The van der Waals surface area contributed by atoms with Crippen molar-refractivity contribution >= 4 is 16.0 Å². The molecule has 0 bridgehead atoms. The average Bonchev–Trinajstić information content (AvgIpc) is 2.61. The molecular weight excluding hydrogens is 232 g/mol. The molecule has 2 N–H and O–H groups in total. The van der Waals surface area contributed by atoms with Gasteiger partial charge in [-0.25, -0.2) is 18.4 Å². The number of sulfonamides is 1. The first-order valence-electron chi connectivity index (χ1n) is 4.71. The monoisotopic (exact) mass is 246 g/mol. The number of rotatable bonds is 4. The maximum Gasteiger partial charge on any atom is 0.354 e. The van der Waals surface area contributed by atoms with Crippen molar-refractivity contribution in [3.8, 4) is 0 Å². The molecule has 7 heteroatoms. The zero-order valence-corrected chi connectivity index (χ0v) is 9.95. The number of primary sulfonamides is 1. The number of ether oxygens (including phenoxy) is 1. The van der Waals surface area contributed by atoms with Crippen LogP contribution in [0.3, 0.4) is 0 Å². The standard InChI is InChI=1S/C9H14N2O4S/c1-3-4-11-6-7(16(10,13)14)5-8(11)9(12)15-2/h5-6H,3-4H2,1-2H3,(H2,10,13,14). The van der Waals surface area contributed by atoms with E-state index in [0.717, 1.165) is 6.42 Å². The Labute approximate surface area is 94.1 Å². The Morgan fingerprint density at radius 2 is 2.19 bits per heavy atom. The number of nitrogens with zero attached hydrogens (tertiary/aromatic N) is 1. The van der Waals surface area contributed by atoms with Crippen LogP contribution in [0.4, 0.5) is 0 Å². The summed E-state index contributed by atoms with van der Waals surface area (Å²) in [7, 11) is -2.55. The first-order valence-corrected chi connectivity index (χ1v) is 6.26. The Balaban J connectivity index is 3.25. The van der Waals surface area contributed by atoms with Crippen molar-refractivity contribution in [1.29, 1.82) is 0 Å². The number of carbonyl (C=O) groups excluding carboxylic acids is 1. The van der Waals surface area contributed by atoms with Crippen LogP contribution in [0.5, 0.6) is 0 Å². The van der Waals surface area contributed by atoms with Crippen molar-refractivity contribution in [2.24, 2.45) is 5.14 Å². The third-order valence-electron chi connectivity index (χ3n) is 2.06. The first kappa shape index (κ1) is 12.7. The molecule has 16 heavy (non-hydrogen) atoms. The maximum absolute atomic E-state index is 11.4. The molecule has 0 radical (unpaired) electrons. The Morgan fingerprint density at radius 3 is 2.62 bits per heavy atom. The minimum absolute atomic E-state index is 0.0821. The highest BCUT2D eigenvalue weighted by Crippen LogP contribution is 2.14. The van der Waals surface area contributed by atoms with E-state index in [0.29, 0.717) is 6.54 Å². The fourth-order valence-corrected chi connectivity index (χ4v) is 1.89. The normalized spacial score (nSPS) is 11.4. The summed E-state index contributed by atoms with van der Waals surface area (Å²) in [5.74, 6) is -0.580. The zero-order valence-electron chi connectivity index (χ0n) is 9.13. The second kappa shape index (κ2) is 4.67. The molecule has 0 aliphatic heterocycles. The molecule has 0 atom stereocenters. The number of hydrogen-bond donors (Lipinski definition) is 1. The van der Waals surface area contributed by atoms with Crippen LogP contribution in [0.1, 0.15) is 23.8 Å². The van der Waals surface area contributed by atoms with Gasteiger partial charge in [0.05, 0.1) is 7.11 Å². The van der Waals surface area contributed by atoms with Crippen LogP contribution in [0.2, 0.25) is 0 Å². The van der Waals surface area contributed by atoms with Gasteiger partial charge in [-0.3, -0.25) is 0 Å². The summed E-state index contributed by atoms with van der Waals surface area (Å²) in [6.45, 7) is 2.44. The Hall–Kier alpha value is -1.34. The van der Waals surface area contributed by atoms with Crippen LogP contribution in [-0.4, -0.2) is 26.1 Å². The predicted octanol–water partition coefficient (Wildman–Crippen LogP) is 0.332. The second-order valence-electron chi connectivity index (χ2n) is 3.29. The highest BCUT2D eigenvalue weighted by molar-refractivity contribution is 7.89. The van der Waals surface area contributed by atoms with E-state index in [2.05, 4.69) is 4.74 Å². The number of nitrogens with two attached hydrogens (primary N) is 1. The number of esters is 1. The van der Waals surface area contributed by atoms with Gasteiger partial charge < -0.3 is 9.30 Å². The Morgan fingerprint density at radius 1 is 1.56 bits per heavy atom. The molecule has 0 aliphatic rings. The molecule has 1 heterocycles. The second-order valence-corrected chi connectivity index (χ2v) is 4.85. The average molecular weight is 246 g/mol. The SMILES string of the molecule is CCCn1cc(S(N)(=O)=O)cc1C(=O)OC. The number of aryl methyl sites for hydroxylation is 1. The molecule has 0 aromatic carbocycles. The third kappa shape index (κ3) is 2.61. The van der Waals surface area contributed by atoms with Gasteiger partial charge in [-0.2, -0.15) is 0 Å². The minimum Gasteiger partial charge on any atom is -0.464 e. The summed E-state index contributed by atoms with van der Waals surface area (Å²) in [4.78, 5) is 11.3. The van der Waals surface area contributed by atoms with E-state index < -0.39 is 16.0 Å². The molecule has 90 valence electrons. The van der Waals surface area contributed by atoms with Crippen molar-refractivity contribution < 1.29 is 17.9 Å². The first-order chi connectivity index (χ1) is 7.40. The summed E-state index contributed by atoms with van der Waals surface area (Å²) < 4.78 is 28.3. The molecule has 1 rings (SSSR count). The molecule has 0 saturated heterocycles. The van der Waals surface area contributed by atoms with Crippen LogP contribution in [0.25, 0.3) is 0 Å². The van der Waals surface area contributed by atoms with Gasteiger partial charge in [-0.15, -0.1) is 0 Å². The van der Waals surface area contributed by atoms with Gasteiger partial charge in [0, 0.05) is 12.7 Å². The van der Waals surface area contributed by atoms with Crippen LogP contribution in [0, 0.1) is 0 Å². The van der Waals surface area contributed by atoms with E-state index >= 15 is 0 Å². The lowest BCUT2D eigenvalue weighted by atomic mass is 10.4. The smallest absolute Gasteiger partial charge is 0.354 e. The molecule has 0 aliphatic carbocycles. The lowest BCUT2D eigenvalue weighted by Gasteiger charge is -2.04. The lowest BCUT2D eigenvalue weighted by molar-refractivity contribution is 0.0588. The summed E-state index contributed by atoms with van der Waals surface area (Å²) in [5.41, 5.74) is 0.188. The van der Waals surface area contributed by atoms with Crippen LogP contribution >= 0.6 is 0 Å². The van der Waals surface area contributed by atoms with Crippen molar-refractivity contribution in [3.63, 3.8) is 0 Å². The van der Waals surface area contributed by atoms with Gasteiger partial charge in [0.1, 0.15) is 10.6 Å². The van der Waals surface area contributed by atoms with Crippen LogP contribution in [0.15, 0.2) is 17.2 Å². The van der Waals surface area contributed by atoms with Gasteiger partial charge >= 0.3 is 5.97 Å². The molecule has 0 amide bonds. The fraction of sp³-hybridized carbons (Fsp3) is 0.444. The van der Waals surface area contributed by atoms with Gasteiger partial charge in [0.15, 0.2) is 0 Å². The summed E-state index contributed by atoms with van der Waals surface area (Å²) in [6.07, 6.45) is 2.10. The van der Waals surface area contributed by atoms with Crippen LogP contribution < -0.4 is 5.14 Å². The molecular formula is C9H14N2O4S. The molecule has 0 fully saturated rings. The number of hydrogen-bond acceptors (Lipinski definition) is 4. The van der Waals surface area contributed by atoms with Crippen molar-refractivity contribution in [2.75, 3.05) is 7.11 Å². The van der Waals surface area contributed by atoms with Crippen LogP contribution in [-0.2, 0) is 21.3 Å². The molecule has 1 aromatic rings. The van der Waals surface area contributed by atoms with E-state index in [1.807, 2.05) is 6.92 Å². The molecule has 6 nitrogen and oxygen atoms in total. The quantitative estimate of drug-likeness (QED) is 0.775. The zero-order chi connectivity index (χ0) is 12.3. The molecule has 0 unspecified atom stereocenters. The largest absolute Gasteiger partial charge is 0.464 e. The highest BCUT2D eigenvalue weighted by atomic mass is 32.2. The van der Waals surface area contributed by atoms with Crippen molar-refractivity contribution in [2.45, 2.75) is 24.8 Å². The lowest BCUT2D eigenvalue weighted by Crippen LogP contribution is -2.11. The van der Waals surface area contributed by atoms with Gasteiger partial charge in [0.2, 0.25) is 10.0 Å². The van der Waals surface area contributed by atoms with E-state index in [4.69, 9.17) is 5.14 Å². The topological polar surface area (TPSA) is 91.4 Å². The third-order valence-corrected chi connectivity index (χ3v) is 2.94. The molecule has 0 spiro atoms. The maximum atomic E-state index is 11.4. The number of carbonyl (C=O) groups is 1. The van der Waals surface area contributed by atoms with Crippen molar-refractivity contribution in [3.05, 3.63) is 18.0 Å². The molecule has 0 saturated carbocycles. The Kier molecular flexibility index (Phi) is 3.71. The highest BCUT2D eigenvalue weighted by Gasteiger charge is 2.18. The van der Waals surface area contributed by atoms with E-state index in [1.54, 1.807) is 0 Å².